The number of aromatic nitrogens is 1. The van der Waals surface area contributed by atoms with Gasteiger partial charge in [0, 0.05) is 28.6 Å². The Morgan fingerprint density at radius 2 is 2.04 bits per heavy atom. The largest absolute Gasteiger partial charge is 0.383 e. The minimum atomic E-state index is -0.232. The molecule has 1 aromatic heterocycles. The van der Waals surface area contributed by atoms with E-state index in [0.29, 0.717) is 23.5 Å². The van der Waals surface area contributed by atoms with Crippen LogP contribution in [-0.4, -0.2) is 30.4 Å². The monoisotopic (exact) mass is 436 g/mol. The molecule has 0 atom stereocenters. The Labute approximate surface area is 162 Å². The van der Waals surface area contributed by atoms with E-state index in [1.54, 1.807) is 18.9 Å². The van der Waals surface area contributed by atoms with Crippen molar-refractivity contribution in [3.63, 3.8) is 0 Å². The van der Waals surface area contributed by atoms with E-state index in [0.717, 1.165) is 19.6 Å². The van der Waals surface area contributed by atoms with Crippen LogP contribution in [0.25, 0.3) is 10.2 Å². The molecule has 4 nitrogen and oxygen atoms in total. The first-order valence-corrected chi connectivity index (χ1v) is 10.5. The zero-order chi connectivity index (χ0) is 17.8. The predicted molar refractivity (Wildman–Crippen MR) is 108 cm³/mol. The molecule has 0 spiro atoms. The molecule has 130 valence electrons. The Hall–Kier alpha value is -1.41. The average Bonchev–Trinajstić information content (AvgIpc) is 2.95. The van der Waals surface area contributed by atoms with Gasteiger partial charge in [-0.1, -0.05) is 27.3 Å². The lowest BCUT2D eigenvalue weighted by Gasteiger charge is -2.04. The van der Waals surface area contributed by atoms with Crippen LogP contribution in [-0.2, 0) is 11.3 Å². The van der Waals surface area contributed by atoms with Crippen molar-refractivity contribution in [1.29, 1.82) is 0 Å². The van der Waals surface area contributed by atoms with Gasteiger partial charge in [0.15, 0.2) is 4.80 Å². The number of hydrogen-bond acceptors (Lipinski definition) is 4. The molecule has 0 bridgehead atoms. The third-order valence-corrected chi connectivity index (χ3v) is 5.98. The van der Waals surface area contributed by atoms with Crippen LogP contribution in [0.4, 0.5) is 0 Å². The highest BCUT2D eigenvalue weighted by Crippen LogP contribution is 2.22. The zero-order valence-corrected chi connectivity index (χ0v) is 17.1. The number of halogens is 1. The number of rotatable bonds is 5. The molecule has 2 aromatic carbocycles. The zero-order valence-electron chi connectivity index (χ0n) is 13.9. The molecule has 0 N–H and O–H groups in total. The van der Waals surface area contributed by atoms with Crippen molar-refractivity contribution in [3.8, 4) is 0 Å². The van der Waals surface area contributed by atoms with Crippen LogP contribution in [0.5, 0.6) is 0 Å². The van der Waals surface area contributed by atoms with Gasteiger partial charge < -0.3 is 9.30 Å². The number of ether oxygens (including phenoxy) is 1. The van der Waals surface area contributed by atoms with Gasteiger partial charge in [0.2, 0.25) is 0 Å². The molecule has 0 radical (unpaired) electrons. The maximum atomic E-state index is 12.6. The Morgan fingerprint density at radius 1 is 1.28 bits per heavy atom. The number of methoxy groups -OCH3 is 1. The van der Waals surface area contributed by atoms with Gasteiger partial charge in [-0.05, 0) is 48.7 Å². The predicted octanol–water partition coefficient (Wildman–Crippen LogP) is 4.57. The van der Waals surface area contributed by atoms with Gasteiger partial charge in [0.05, 0.1) is 16.8 Å². The van der Waals surface area contributed by atoms with Crippen molar-refractivity contribution in [2.24, 2.45) is 4.99 Å². The van der Waals surface area contributed by atoms with E-state index in [2.05, 4.69) is 20.9 Å². The lowest BCUT2D eigenvalue weighted by Crippen LogP contribution is -2.19. The molecule has 0 saturated carbocycles. The van der Waals surface area contributed by atoms with Crippen LogP contribution in [0.3, 0.4) is 0 Å². The second-order valence-electron chi connectivity index (χ2n) is 5.29. The highest BCUT2D eigenvalue weighted by molar-refractivity contribution is 9.10. The SMILES string of the molecule is COCCn1c(=NC(=O)c2ccc(SC)cc2)sc2cc(Br)ccc21. The summed E-state index contributed by atoms with van der Waals surface area (Å²) in [5, 5.41) is 0. The van der Waals surface area contributed by atoms with E-state index < -0.39 is 0 Å². The van der Waals surface area contributed by atoms with Crippen molar-refractivity contribution < 1.29 is 9.53 Å². The molecular formula is C18H17BrN2O2S2. The maximum absolute atomic E-state index is 12.6. The topological polar surface area (TPSA) is 43.6 Å². The number of benzene rings is 2. The first-order chi connectivity index (χ1) is 12.1. The van der Waals surface area contributed by atoms with Crippen LogP contribution in [0.15, 0.2) is 56.8 Å². The van der Waals surface area contributed by atoms with Gasteiger partial charge in [-0.3, -0.25) is 4.79 Å². The van der Waals surface area contributed by atoms with E-state index in [1.807, 2.05) is 53.3 Å². The molecule has 0 saturated heterocycles. The minimum absolute atomic E-state index is 0.232. The average molecular weight is 437 g/mol. The van der Waals surface area contributed by atoms with E-state index in [-0.39, 0.29) is 5.91 Å². The molecule has 0 unspecified atom stereocenters. The molecule has 0 fully saturated rings. The third-order valence-electron chi connectivity index (χ3n) is 3.70. The number of nitrogens with zero attached hydrogens (tertiary/aromatic N) is 2. The lowest BCUT2D eigenvalue weighted by atomic mass is 10.2. The highest BCUT2D eigenvalue weighted by Gasteiger charge is 2.10. The van der Waals surface area contributed by atoms with Crippen LogP contribution >= 0.6 is 39.0 Å². The third kappa shape index (κ3) is 4.23. The normalized spacial score (nSPS) is 12.0. The number of carbonyl (C=O) groups excluding carboxylic acids is 1. The lowest BCUT2D eigenvalue weighted by molar-refractivity contribution is 0.0997. The van der Waals surface area contributed by atoms with Gasteiger partial charge in [-0.2, -0.15) is 4.99 Å². The van der Waals surface area contributed by atoms with Crippen LogP contribution in [0.1, 0.15) is 10.4 Å². The van der Waals surface area contributed by atoms with Crippen molar-refractivity contribution in [1.82, 2.24) is 4.57 Å². The molecule has 0 aliphatic carbocycles. The van der Waals surface area contributed by atoms with E-state index >= 15 is 0 Å². The summed E-state index contributed by atoms with van der Waals surface area (Å²) in [6.45, 7) is 1.21. The van der Waals surface area contributed by atoms with Crippen LogP contribution < -0.4 is 4.80 Å². The number of hydrogen-bond donors (Lipinski definition) is 0. The quantitative estimate of drug-likeness (QED) is 0.549. The standard InChI is InChI=1S/C18H17BrN2O2S2/c1-23-10-9-21-15-8-5-13(19)11-16(15)25-18(21)20-17(22)12-3-6-14(24-2)7-4-12/h3-8,11H,9-10H2,1-2H3. The van der Waals surface area contributed by atoms with Crippen molar-refractivity contribution >= 4 is 55.2 Å². The summed E-state index contributed by atoms with van der Waals surface area (Å²) in [5.41, 5.74) is 1.64. The second kappa shape index (κ2) is 8.31. The smallest absolute Gasteiger partial charge is 0.279 e. The van der Waals surface area contributed by atoms with Crippen molar-refractivity contribution in [3.05, 3.63) is 57.3 Å². The van der Waals surface area contributed by atoms with Gasteiger partial charge in [-0.25, -0.2) is 0 Å². The summed E-state index contributed by atoms with van der Waals surface area (Å²) in [4.78, 5) is 18.7. The van der Waals surface area contributed by atoms with Gasteiger partial charge in [-0.15, -0.1) is 11.8 Å². The Morgan fingerprint density at radius 3 is 2.72 bits per heavy atom. The van der Waals surface area contributed by atoms with Gasteiger partial charge in [0.25, 0.3) is 5.91 Å². The van der Waals surface area contributed by atoms with Crippen molar-refractivity contribution in [2.45, 2.75) is 11.4 Å². The summed E-state index contributed by atoms with van der Waals surface area (Å²) in [6.07, 6.45) is 2.01. The fourth-order valence-corrected chi connectivity index (χ4v) is 4.43. The first-order valence-electron chi connectivity index (χ1n) is 7.63. The van der Waals surface area contributed by atoms with E-state index in [1.165, 1.54) is 11.3 Å². The van der Waals surface area contributed by atoms with Crippen molar-refractivity contribution in [2.75, 3.05) is 20.0 Å². The number of carbonyl (C=O) groups is 1. The van der Waals surface area contributed by atoms with E-state index in [9.17, 15) is 4.79 Å². The summed E-state index contributed by atoms with van der Waals surface area (Å²) >= 11 is 6.64. The molecule has 7 heteroatoms. The molecule has 1 amide bonds. The Bertz CT molecular complexity index is 961. The summed E-state index contributed by atoms with van der Waals surface area (Å²) in [5.74, 6) is -0.232. The van der Waals surface area contributed by atoms with Gasteiger partial charge in [0.1, 0.15) is 0 Å². The summed E-state index contributed by atoms with van der Waals surface area (Å²) in [6, 6.07) is 13.6. The fraction of sp³-hybridized carbons (Fsp3) is 0.222. The van der Waals surface area contributed by atoms with E-state index in [4.69, 9.17) is 4.74 Å². The van der Waals surface area contributed by atoms with Gasteiger partial charge >= 0.3 is 0 Å². The number of thiazole rings is 1. The Balaban J connectivity index is 2.05. The molecular weight excluding hydrogens is 420 g/mol. The first kappa shape index (κ1) is 18.4. The maximum Gasteiger partial charge on any atom is 0.279 e. The molecule has 25 heavy (non-hydrogen) atoms. The number of amides is 1. The number of thioether (sulfide) groups is 1. The molecule has 0 aliphatic heterocycles. The molecule has 3 aromatic rings. The Kier molecular flexibility index (Phi) is 6.11. The van der Waals surface area contributed by atoms with Crippen LogP contribution in [0.2, 0.25) is 0 Å². The fourth-order valence-electron chi connectivity index (χ4n) is 2.42. The molecule has 3 rings (SSSR count). The second-order valence-corrected chi connectivity index (χ2v) is 8.09. The summed E-state index contributed by atoms with van der Waals surface area (Å²) < 4.78 is 9.32. The summed E-state index contributed by atoms with van der Waals surface area (Å²) in [7, 11) is 1.67. The number of fused-ring (bicyclic) bond motifs is 1. The minimum Gasteiger partial charge on any atom is -0.383 e. The molecule has 0 aliphatic rings. The highest BCUT2D eigenvalue weighted by atomic mass is 79.9. The van der Waals surface area contributed by atoms with Crippen LogP contribution in [0, 0.1) is 0 Å². The molecule has 1 heterocycles.